The van der Waals surface area contributed by atoms with Crippen molar-refractivity contribution in [2.24, 2.45) is 0 Å². The molecule has 2 amide bonds. The molecule has 1 unspecified atom stereocenters. The number of likely N-dealkylation sites (N-methyl/N-ethyl adjacent to an activating group) is 1. The topological polar surface area (TPSA) is 106 Å². The molecule has 2 heterocycles. The van der Waals surface area contributed by atoms with Gasteiger partial charge in [-0.3, -0.25) is 14.5 Å². The van der Waals surface area contributed by atoms with Gasteiger partial charge in [0, 0.05) is 37.8 Å². The van der Waals surface area contributed by atoms with Crippen molar-refractivity contribution in [1.29, 1.82) is 0 Å². The first-order valence-corrected chi connectivity index (χ1v) is 15.9. The smallest absolute Gasteiger partial charge is 0.274 e. The maximum atomic E-state index is 15.5. The number of likely N-dealkylation sites (tertiary alicyclic amines) is 1. The molecule has 0 N–H and O–H groups in total. The first kappa shape index (κ1) is 31.3. The molecule has 0 aliphatic carbocycles. The fraction of sp³-hybridized carbons (Fsp3) is 0.394. The van der Waals surface area contributed by atoms with Gasteiger partial charge in [0.05, 0.1) is 33.1 Å². The van der Waals surface area contributed by atoms with Crippen LogP contribution in [0.1, 0.15) is 40.7 Å². The fourth-order valence-corrected chi connectivity index (χ4v) is 8.21. The molecular weight excluding hydrogens is 582 g/mol. The molecule has 44 heavy (non-hydrogen) atoms. The van der Waals surface area contributed by atoms with Crippen molar-refractivity contribution < 1.29 is 32.2 Å². The van der Waals surface area contributed by atoms with Crippen LogP contribution in [0.4, 0.5) is 5.69 Å². The van der Waals surface area contributed by atoms with Crippen molar-refractivity contribution >= 4 is 27.5 Å². The zero-order chi connectivity index (χ0) is 32.1. The van der Waals surface area contributed by atoms with E-state index in [2.05, 4.69) is 0 Å². The van der Waals surface area contributed by atoms with Gasteiger partial charge in [-0.1, -0.05) is 18.2 Å². The van der Waals surface area contributed by atoms with E-state index in [1.54, 1.807) is 26.2 Å². The number of carbonyl (C=O) groups is 2. The largest absolute Gasteiger partial charge is 0.497 e. The van der Waals surface area contributed by atoms with Crippen LogP contribution in [0, 0.1) is 20.8 Å². The van der Waals surface area contributed by atoms with Crippen molar-refractivity contribution in [2.45, 2.75) is 50.1 Å². The van der Waals surface area contributed by atoms with Gasteiger partial charge in [-0.25, -0.2) is 12.7 Å². The van der Waals surface area contributed by atoms with E-state index in [1.807, 2.05) is 43.9 Å². The van der Waals surface area contributed by atoms with Gasteiger partial charge in [0.15, 0.2) is 5.54 Å². The Kier molecular flexibility index (Phi) is 8.15. The molecule has 11 heteroatoms. The summed E-state index contributed by atoms with van der Waals surface area (Å²) in [6.45, 7) is 6.06. The summed E-state index contributed by atoms with van der Waals surface area (Å²) in [5.74, 6) is -0.00391. The van der Waals surface area contributed by atoms with Crippen LogP contribution in [0.2, 0.25) is 0 Å². The van der Waals surface area contributed by atoms with Crippen LogP contribution in [0.3, 0.4) is 0 Å². The van der Waals surface area contributed by atoms with Crippen LogP contribution in [0.25, 0.3) is 0 Å². The summed E-state index contributed by atoms with van der Waals surface area (Å²) in [5, 5.41) is 0. The Hall–Kier alpha value is -4.09. The van der Waals surface area contributed by atoms with Gasteiger partial charge < -0.3 is 19.1 Å². The summed E-state index contributed by atoms with van der Waals surface area (Å²) in [6.07, 6.45) is 1.16. The Morgan fingerprint density at radius 3 is 2.23 bits per heavy atom. The lowest BCUT2D eigenvalue weighted by Gasteiger charge is -2.43. The molecule has 0 saturated carbocycles. The first-order chi connectivity index (χ1) is 20.9. The number of carbonyl (C=O) groups excluding carboxylic acids is 2. The highest BCUT2D eigenvalue weighted by molar-refractivity contribution is 7.93. The van der Waals surface area contributed by atoms with E-state index in [0.717, 1.165) is 21.0 Å². The number of hydrogen-bond donors (Lipinski definition) is 0. The van der Waals surface area contributed by atoms with Gasteiger partial charge in [0.2, 0.25) is 5.91 Å². The maximum Gasteiger partial charge on any atom is 0.274 e. The number of fused-ring (bicyclic) bond motifs is 1. The minimum atomic E-state index is -4.55. The van der Waals surface area contributed by atoms with E-state index in [4.69, 9.17) is 14.2 Å². The van der Waals surface area contributed by atoms with Crippen molar-refractivity contribution in [3.8, 4) is 17.2 Å². The Labute approximate surface area is 259 Å². The van der Waals surface area contributed by atoms with Crippen molar-refractivity contribution in [3.05, 3.63) is 76.3 Å². The average molecular weight is 622 g/mol. The van der Waals surface area contributed by atoms with Crippen LogP contribution in [0.5, 0.6) is 17.2 Å². The Morgan fingerprint density at radius 1 is 0.909 bits per heavy atom. The first-order valence-electron chi connectivity index (χ1n) is 14.4. The number of benzene rings is 3. The SMILES string of the molecule is COc1ccc(S(=O)(=O)N2C(=O)C(c3c(C)cccc3OC)(N3CCC[C@H]3C(=O)N(C)C)c3cc(C)c(C)cc32)c(OC)c1. The number of sulfonamides is 1. The minimum absolute atomic E-state index is 0.0374. The fourth-order valence-electron chi connectivity index (χ4n) is 6.62. The third kappa shape index (κ3) is 4.52. The van der Waals surface area contributed by atoms with E-state index >= 15 is 4.79 Å². The lowest BCUT2D eigenvalue weighted by Crippen LogP contribution is -2.59. The van der Waals surface area contributed by atoms with Gasteiger partial charge in [-0.2, -0.15) is 0 Å². The standard InChI is InChI=1S/C33H39N3O7S/c1-20-11-9-13-27(42-7)30(20)33(35-16-10-12-25(35)31(37)34(4)5)24-17-21(2)22(3)18-26(24)36(32(33)38)44(39,40)29-15-14-23(41-6)19-28(29)43-8/h9,11,13-15,17-19,25H,10,12,16H2,1-8H3/t25-,33?/m0/s1. The van der Waals surface area contributed by atoms with E-state index in [9.17, 15) is 13.2 Å². The highest BCUT2D eigenvalue weighted by Gasteiger charge is 2.63. The Morgan fingerprint density at radius 2 is 1.59 bits per heavy atom. The van der Waals surface area contributed by atoms with Crippen LogP contribution in [-0.2, 0) is 25.2 Å². The molecule has 234 valence electrons. The number of hydrogen-bond acceptors (Lipinski definition) is 8. The zero-order valence-electron chi connectivity index (χ0n) is 26.4. The number of methoxy groups -OCH3 is 3. The molecule has 2 atom stereocenters. The van der Waals surface area contributed by atoms with Crippen LogP contribution < -0.4 is 18.5 Å². The van der Waals surface area contributed by atoms with Gasteiger partial charge >= 0.3 is 0 Å². The zero-order valence-corrected chi connectivity index (χ0v) is 27.2. The lowest BCUT2D eigenvalue weighted by atomic mass is 9.78. The minimum Gasteiger partial charge on any atom is -0.497 e. The van der Waals surface area contributed by atoms with Crippen molar-refractivity contribution in [3.63, 3.8) is 0 Å². The molecule has 1 fully saturated rings. The van der Waals surface area contributed by atoms with Gasteiger partial charge in [-0.15, -0.1) is 0 Å². The third-order valence-corrected chi connectivity index (χ3v) is 10.6. The summed E-state index contributed by atoms with van der Waals surface area (Å²) in [7, 11) is 3.18. The molecule has 2 aliphatic heterocycles. The molecule has 5 rings (SSSR count). The molecule has 0 radical (unpaired) electrons. The highest BCUT2D eigenvalue weighted by atomic mass is 32.2. The van der Waals surface area contributed by atoms with E-state index in [-0.39, 0.29) is 22.2 Å². The van der Waals surface area contributed by atoms with Crippen molar-refractivity contribution in [1.82, 2.24) is 9.80 Å². The van der Waals surface area contributed by atoms with E-state index < -0.39 is 27.5 Å². The normalized spacial score (nSPS) is 20.0. The van der Waals surface area contributed by atoms with Crippen molar-refractivity contribution in [2.75, 3.05) is 46.3 Å². The third-order valence-electron chi connectivity index (χ3n) is 8.83. The number of nitrogens with zero attached hydrogens (tertiary/aromatic N) is 3. The second kappa shape index (κ2) is 11.4. The highest BCUT2D eigenvalue weighted by Crippen LogP contribution is 2.56. The van der Waals surface area contributed by atoms with Gasteiger partial charge in [0.25, 0.3) is 15.9 Å². The van der Waals surface area contributed by atoms with Crippen LogP contribution in [-0.4, -0.2) is 78.0 Å². The lowest BCUT2D eigenvalue weighted by molar-refractivity contribution is -0.138. The molecule has 0 spiro atoms. The maximum absolute atomic E-state index is 15.5. The second-order valence-electron chi connectivity index (χ2n) is 11.5. The quantitative estimate of drug-likeness (QED) is 0.369. The summed E-state index contributed by atoms with van der Waals surface area (Å²) in [5.41, 5.74) is 1.94. The summed E-state index contributed by atoms with van der Waals surface area (Å²) in [4.78, 5) is 32.4. The Bertz CT molecular complexity index is 1750. The number of anilines is 1. The Balaban J connectivity index is 1.91. The summed E-state index contributed by atoms with van der Waals surface area (Å²) >= 11 is 0. The summed E-state index contributed by atoms with van der Waals surface area (Å²) in [6, 6.07) is 12.8. The van der Waals surface area contributed by atoms with Gasteiger partial charge in [0.1, 0.15) is 22.1 Å². The number of aryl methyl sites for hydroxylation is 3. The van der Waals surface area contributed by atoms with Gasteiger partial charge in [-0.05, 0) is 74.6 Å². The van der Waals surface area contributed by atoms with E-state index in [1.165, 1.54) is 44.4 Å². The number of amides is 2. The molecule has 10 nitrogen and oxygen atoms in total. The predicted octanol–water partition coefficient (Wildman–Crippen LogP) is 4.17. The molecule has 3 aromatic rings. The molecule has 2 aliphatic rings. The molecule has 0 bridgehead atoms. The number of rotatable bonds is 8. The van der Waals surface area contributed by atoms with Crippen LogP contribution in [0.15, 0.2) is 53.4 Å². The van der Waals surface area contributed by atoms with Crippen LogP contribution >= 0.6 is 0 Å². The second-order valence-corrected chi connectivity index (χ2v) is 13.2. The predicted molar refractivity (Wildman–Crippen MR) is 167 cm³/mol. The average Bonchev–Trinajstić information content (AvgIpc) is 3.57. The monoisotopic (exact) mass is 621 g/mol. The molecule has 0 aromatic heterocycles. The number of ether oxygens (including phenoxy) is 3. The molecule has 3 aromatic carbocycles. The molecule has 1 saturated heterocycles. The molecular formula is C33H39N3O7S. The van der Waals surface area contributed by atoms with E-state index in [0.29, 0.717) is 42.0 Å². The summed E-state index contributed by atoms with van der Waals surface area (Å²) < 4.78 is 47.0.